The molecule has 4 nitrogen and oxygen atoms in total. The molecule has 0 amide bonds. The number of ether oxygens (including phenoxy) is 2. The number of benzene rings is 2. The highest BCUT2D eigenvalue weighted by Gasteiger charge is 2.35. The van der Waals surface area contributed by atoms with Gasteiger partial charge in [0.2, 0.25) is 0 Å². The summed E-state index contributed by atoms with van der Waals surface area (Å²) in [6, 6.07) is 11.6. The van der Waals surface area contributed by atoms with Crippen LogP contribution < -0.4 is 4.74 Å². The van der Waals surface area contributed by atoms with E-state index in [1.54, 1.807) is 14.0 Å². The molecule has 0 unspecified atom stereocenters. The van der Waals surface area contributed by atoms with Crippen molar-refractivity contribution in [2.75, 3.05) is 20.3 Å². The number of hydrogen-bond donors (Lipinski definition) is 1. The summed E-state index contributed by atoms with van der Waals surface area (Å²) < 4.78 is 10.7. The van der Waals surface area contributed by atoms with Gasteiger partial charge in [-0.1, -0.05) is 31.2 Å². The van der Waals surface area contributed by atoms with Gasteiger partial charge in [0.05, 0.1) is 12.5 Å². The van der Waals surface area contributed by atoms with Crippen LogP contribution in [0, 0.1) is 0 Å². The predicted octanol–water partition coefficient (Wildman–Crippen LogP) is 4.01. The van der Waals surface area contributed by atoms with E-state index in [1.807, 2.05) is 43.3 Å². The van der Waals surface area contributed by atoms with Crippen LogP contribution in [0.2, 0.25) is 0 Å². The van der Waals surface area contributed by atoms with Crippen molar-refractivity contribution < 1.29 is 19.4 Å². The zero-order valence-corrected chi connectivity index (χ0v) is 14.0. The highest BCUT2D eigenvalue weighted by molar-refractivity contribution is 5.88. The third kappa shape index (κ3) is 3.82. The van der Waals surface area contributed by atoms with Crippen LogP contribution in [0.25, 0.3) is 10.8 Å². The molecule has 124 valence electrons. The second-order valence-electron chi connectivity index (χ2n) is 5.93. The minimum Gasteiger partial charge on any atom is -0.497 e. The first-order valence-electron chi connectivity index (χ1n) is 7.90. The molecular formula is C19H24O4. The van der Waals surface area contributed by atoms with Crippen LogP contribution in [-0.4, -0.2) is 31.4 Å². The molecular weight excluding hydrogens is 292 g/mol. The van der Waals surface area contributed by atoms with E-state index in [0.29, 0.717) is 19.6 Å². The van der Waals surface area contributed by atoms with Crippen molar-refractivity contribution in [3.8, 4) is 5.75 Å². The molecule has 0 aliphatic rings. The van der Waals surface area contributed by atoms with Gasteiger partial charge in [-0.3, -0.25) is 4.79 Å². The molecule has 2 aromatic rings. The van der Waals surface area contributed by atoms with E-state index in [9.17, 15) is 9.90 Å². The molecule has 0 saturated heterocycles. The Kier molecular flexibility index (Phi) is 5.61. The van der Waals surface area contributed by atoms with Crippen molar-refractivity contribution in [2.45, 2.75) is 32.1 Å². The Morgan fingerprint density at radius 3 is 2.48 bits per heavy atom. The van der Waals surface area contributed by atoms with E-state index in [-0.39, 0.29) is 0 Å². The summed E-state index contributed by atoms with van der Waals surface area (Å²) in [4.78, 5) is 11.8. The summed E-state index contributed by atoms with van der Waals surface area (Å²) in [6.45, 7) is 4.90. The maximum Gasteiger partial charge on any atom is 0.313 e. The van der Waals surface area contributed by atoms with Crippen LogP contribution in [0.15, 0.2) is 36.4 Å². The third-order valence-corrected chi connectivity index (χ3v) is 4.25. The van der Waals surface area contributed by atoms with Gasteiger partial charge >= 0.3 is 5.97 Å². The van der Waals surface area contributed by atoms with E-state index >= 15 is 0 Å². The van der Waals surface area contributed by atoms with Gasteiger partial charge < -0.3 is 14.6 Å². The first kappa shape index (κ1) is 17.3. The second kappa shape index (κ2) is 7.47. The molecule has 2 aromatic carbocycles. The summed E-state index contributed by atoms with van der Waals surface area (Å²) >= 11 is 0. The fourth-order valence-corrected chi connectivity index (χ4v) is 2.59. The van der Waals surface area contributed by atoms with Crippen molar-refractivity contribution in [2.24, 2.45) is 0 Å². The van der Waals surface area contributed by atoms with Crippen molar-refractivity contribution in [1.82, 2.24) is 0 Å². The van der Waals surface area contributed by atoms with E-state index in [0.717, 1.165) is 28.5 Å². The van der Waals surface area contributed by atoms with Gasteiger partial charge in [0.1, 0.15) is 5.75 Å². The second-order valence-corrected chi connectivity index (χ2v) is 5.93. The van der Waals surface area contributed by atoms with Crippen LogP contribution in [0.5, 0.6) is 5.75 Å². The fraction of sp³-hybridized carbons (Fsp3) is 0.421. The quantitative estimate of drug-likeness (QED) is 0.748. The minimum atomic E-state index is -0.956. The third-order valence-electron chi connectivity index (χ3n) is 4.25. The highest BCUT2D eigenvalue weighted by Crippen LogP contribution is 2.31. The number of methoxy groups -OCH3 is 1. The number of carboxylic acid groups (broad SMARTS) is 1. The van der Waals surface area contributed by atoms with Gasteiger partial charge in [-0.25, -0.2) is 0 Å². The summed E-state index contributed by atoms with van der Waals surface area (Å²) in [5.74, 6) is -0.0373. The van der Waals surface area contributed by atoms with Gasteiger partial charge in [0.15, 0.2) is 0 Å². The van der Waals surface area contributed by atoms with Crippen molar-refractivity contribution in [1.29, 1.82) is 0 Å². The van der Waals surface area contributed by atoms with Crippen LogP contribution >= 0.6 is 0 Å². The Morgan fingerprint density at radius 2 is 1.83 bits per heavy atom. The minimum absolute atomic E-state index is 0.442. The normalized spacial score (nSPS) is 13.7. The average Bonchev–Trinajstić information content (AvgIpc) is 2.57. The lowest BCUT2D eigenvalue weighted by Crippen LogP contribution is -2.33. The topological polar surface area (TPSA) is 55.8 Å². The Labute approximate surface area is 137 Å². The summed E-state index contributed by atoms with van der Waals surface area (Å²) in [6.07, 6.45) is 1.38. The maximum absolute atomic E-state index is 11.8. The zero-order chi connectivity index (χ0) is 16.9. The van der Waals surface area contributed by atoms with Crippen molar-refractivity contribution in [3.05, 3.63) is 42.0 Å². The summed E-state index contributed by atoms with van der Waals surface area (Å²) in [5.41, 5.74) is -0.162. The van der Waals surface area contributed by atoms with Crippen LogP contribution in [0.4, 0.5) is 0 Å². The van der Waals surface area contributed by atoms with Gasteiger partial charge in [-0.2, -0.15) is 0 Å². The monoisotopic (exact) mass is 316 g/mol. The zero-order valence-electron chi connectivity index (χ0n) is 14.0. The number of hydrogen-bond acceptors (Lipinski definition) is 3. The van der Waals surface area contributed by atoms with E-state index < -0.39 is 11.4 Å². The number of aliphatic carboxylic acids is 1. The van der Waals surface area contributed by atoms with E-state index in [1.165, 1.54) is 0 Å². The molecule has 0 aliphatic carbocycles. The Morgan fingerprint density at radius 1 is 1.13 bits per heavy atom. The van der Waals surface area contributed by atoms with Gasteiger partial charge in [0, 0.05) is 13.2 Å². The lowest BCUT2D eigenvalue weighted by atomic mass is 9.79. The van der Waals surface area contributed by atoms with Crippen molar-refractivity contribution >= 4 is 16.7 Å². The number of fused-ring (bicyclic) bond motifs is 1. The standard InChI is InChI=1S/C19H24O4/c1-4-10-23-11-9-19(2,18(20)21)16-7-5-15-13-17(22-3)8-6-14(15)12-16/h5-8,12-13H,4,9-11H2,1-3H3,(H,20,21)/t19-/m1/s1. The van der Waals surface area contributed by atoms with Gasteiger partial charge in [0.25, 0.3) is 0 Å². The molecule has 0 radical (unpaired) electrons. The first-order chi connectivity index (χ1) is 11.0. The molecule has 1 N–H and O–H groups in total. The molecule has 0 bridgehead atoms. The number of carbonyl (C=O) groups is 1. The Bertz CT molecular complexity index is 680. The molecule has 0 spiro atoms. The Balaban J connectivity index is 2.31. The molecule has 4 heteroatoms. The SMILES string of the molecule is CCCOCC[C@@](C)(C(=O)O)c1ccc2cc(OC)ccc2c1. The molecule has 1 atom stereocenters. The lowest BCUT2D eigenvalue weighted by molar-refractivity contribution is -0.144. The first-order valence-corrected chi connectivity index (χ1v) is 7.90. The van der Waals surface area contributed by atoms with Crippen LogP contribution in [0.1, 0.15) is 32.3 Å². The van der Waals surface area contributed by atoms with Gasteiger partial charge in [-0.15, -0.1) is 0 Å². The number of rotatable bonds is 8. The lowest BCUT2D eigenvalue weighted by Gasteiger charge is -2.25. The highest BCUT2D eigenvalue weighted by atomic mass is 16.5. The fourth-order valence-electron chi connectivity index (χ4n) is 2.59. The summed E-state index contributed by atoms with van der Waals surface area (Å²) in [7, 11) is 1.63. The predicted molar refractivity (Wildman–Crippen MR) is 91.2 cm³/mol. The molecule has 0 fully saturated rings. The molecule has 0 aliphatic heterocycles. The average molecular weight is 316 g/mol. The van der Waals surface area contributed by atoms with Crippen molar-refractivity contribution in [3.63, 3.8) is 0 Å². The van der Waals surface area contributed by atoms with E-state index in [4.69, 9.17) is 9.47 Å². The largest absolute Gasteiger partial charge is 0.497 e. The molecule has 23 heavy (non-hydrogen) atoms. The van der Waals surface area contributed by atoms with Crippen LogP contribution in [0.3, 0.4) is 0 Å². The maximum atomic E-state index is 11.8. The van der Waals surface area contributed by atoms with Crippen LogP contribution in [-0.2, 0) is 14.9 Å². The molecule has 0 saturated carbocycles. The van der Waals surface area contributed by atoms with E-state index in [2.05, 4.69) is 0 Å². The summed E-state index contributed by atoms with van der Waals surface area (Å²) in [5, 5.41) is 11.8. The number of carboxylic acids is 1. The molecule has 0 aromatic heterocycles. The smallest absolute Gasteiger partial charge is 0.313 e. The molecule has 2 rings (SSSR count). The molecule has 0 heterocycles. The van der Waals surface area contributed by atoms with Gasteiger partial charge in [-0.05, 0) is 48.2 Å². The Hall–Kier alpha value is -2.07.